The van der Waals surface area contributed by atoms with E-state index in [4.69, 9.17) is 26.8 Å². The number of rotatable bonds is 4. The van der Waals surface area contributed by atoms with Crippen LogP contribution in [0.25, 0.3) is 0 Å². The molecule has 2 N–H and O–H groups in total. The largest absolute Gasteiger partial charge is 0.489 e. The van der Waals surface area contributed by atoms with E-state index in [0.29, 0.717) is 24.0 Å². The summed E-state index contributed by atoms with van der Waals surface area (Å²) >= 11 is 5.64. The molecule has 1 unspecified atom stereocenters. The molecule has 0 fully saturated rings. The molecule has 1 aliphatic rings. The first kappa shape index (κ1) is 18.5. The molecule has 26 heavy (non-hydrogen) atoms. The third-order valence-electron chi connectivity index (χ3n) is 4.11. The van der Waals surface area contributed by atoms with Gasteiger partial charge in [-0.1, -0.05) is 29.8 Å². The molecule has 2 aromatic rings. The van der Waals surface area contributed by atoms with E-state index in [1.54, 1.807) is 12.1 Å². The summed E-state index contributed by atoms with van der Waals surface area (Å²) in [4.78, 5) is 0. The van der Waals surface area contributed by atoms with Gasteiger partial charge in [0.05, 0.1) is 17.2 Å². The van der Waals surface area contributed by atoms with Gasteiger partial charge in [-0.2, -0.15) is 13.2 Å². The Hall–Kier alpha value is -2.34. The van der Waals surface area contributed by atoms with Crippen LogP contribution >= 0.6 is 11.6 Å². The first-order valence-corrected chi connectivity index (χ1v) is 8.42. The van der Waals surface area contributed by atoms with E-state index in [1.807, 2.05) is 12.1 Å². The lowest BCUT2D eigenvalue weighted by Gasteiger charge is -2.26. The standard InChI is InChI=1S/C19H17ClF3NO2/c20-16-7-6-14(10-15(16)19(21,22)23)26-17-5-1-4-13-9-12(3-2-8-24)11-25-18(13)17/h1-2,4-8,10,12H,3,9,11,24H2. The zero-order valence-electron chi connectivity index (χ0n) is 13.7. The summed E-state index contributed by atoms with van der Waals surface area (Å²) in [5.41, 5.74) is 5.39. The van der Waals surface area contributed by atoms with Gasteiger partial charge >= 0.3 is 6.18 Å². The minimum absolute atomic E-state index is 0.0481. The van der Waals surface area contributed by atoms with Crippen LogP contribution in [0.3, 0.4) is 0 Å². The maximum absolute atomic E-state index is 13.0. The van der Waals surface area contributed by atoms with Crippen molar-refractivity contribution < 1.29 is 22.6 Å². The van der Waals surface area contributed by atoms with Crippen molar-refractivity contribution in [2.75, 3.05) is 6.61 Å². The molecule has 138 valence electrons. The highest BCUT2D eigenvalue weighted by atomic mass is 35.5. The molecule has 0 aliphatic carbocycles. The highest BCUT2D eigenvalue weighted by molar-refractivity contribution is 6.31. The van der Waals surface area contributed by atoms with E-state index >= 15 is 0 Å². The summed E-state index contributed by atoms with van der Waals surface area (Å²) in [7, 11) is 0. The summed E-state index contributed by atoms with van der Waals surface area (Å²) in [6.45, 7) is 0.492. The van der Waals surface area contributed by atoms with Crippen molar-refractivity contribution in [2.45, 2.75) is 19.0 Å². The molecule has 3 rings (SSSR count). The Morgan fingerprint density at radius 3 is 2.81 bits per heavy atom. The van der Waals surface area contributed by atoms with E-state index in [-0.39, 0.29) is 10.8 Å². The molecule has 0 bridgehead atoms. The molecule has 0 amide bonds. The highest BCUT2D eigenvalue weighted by Gasteiger charge is 2.33. The number of allylic oxidation sites excluding steroid dienone is 1. The molecule has 0 radical (unpaired) electrons. The van der Waals surface area contributed by atoms with Crippen LogP contribution in [0, 0.1) is 5.92 Å². The number of hydrogen-bond donors (Lipinski definition) is 1. The lowest BCUT2D eigenvalue weighted by Crippen LogP contribution is -2.20. The SMILES string of the molecule is NC=CCC1COc2c(cccc2Oc2ccc(Cl)c(C(F)(F)F)c2)C1. The molecular formula is C19H17ClF3NO2. The number of halogens is 4. The van der Waals surface area contributed by atoms with E-state index in [0.717, 1.165) is 24.5 Å². The molecule has 1 atom stereocenters. The topological polar surface area (TPSA) is 44.5 Å². The van der Waals surface area contributed by atoms with Gasteiger partial charge in [0.2, 0.25) is 0 Å². The number of ether oxygens (including phenoxy) is 2. The van der Waals surface area contributed by atoms with Crippen LogP contribution in [0.15, 0.2) is 48.7 Å². The number of hydrogen-bond acceptors (Lipinski definition) is 3. The van der Waals surface area contributed by atoms with Gasteiger partial charge in [0.1, 0.15) is 5.75 Å². The Balaban J connectivity index is 1.84. The fraction of sp³-hybridized carbons (Fsp3) is 0.263. The summed E-state index contributed by atoms with van der Waals surface area (Å²) in [6, 6.07) is 8.84. The Morgan fingerprint density at radius 2 is 2.08 bits per heavy atom. The van der Waals surface area contributed by atoms with Crippen LogP contribution in [-0.4, -0.2) is 6.61 Å². The normalized spacial score (nSPS) is 17.0. The van der Waals surface area contributed by atoms with Crippen LogP contribution in [0.2, 0.25) is 5.02 Å². The molecular weight excluding hydrogens is 367 g/mol. The van der Waals surface area contributed by atoms with Gasteiger partial charge in [-0.05, 0) is 48.9 Å². The van der Waals surface area contributed by atoms with Gasteiger partial charge in [0.25, 0.3) is 0 Å². The van der Waals surface area contributed by atoms with Crippen LogP contribution in [0.4, 0.5) is 13.2 Å². The average molecular weight is 384 g/mol. The zero-order valence-corrected chi connectivity index (χ0v) is 14.5. The second kappa shape index (κ2) is 7.50. The van der Waals surface area contributed by atoms with Crippen molar-refractivity contribution in [3.63, 3.8) is 0 Å². The van der Waals surface area contributed by atoms with Gasteiger partial charge in [-0.15, -0.1) is 0 Å². The molecule has 1 heterocycles. The molecule has 2 aromatic carbocycles. The maximum Gasteiger partial charge on any atom is 0.417 e. The second-order valence-electron chi connectivity index (χ2n) is 6.03. The number of benzene rings is 2. The number of alkyl halides is 3. The summed E-state index contributed by atoms with van der Waals surface area (Å²) in [5, 5.41) is -0.369. The Kier molecular flexibility index (Phi) is 5.32. The van der Waals surface area contributed by atoms with Crippen molar-refractivity contribution >= 4 is 11.6 Å². The molecule has 3 nitrogen and oxygen atoms in total. The summed E-state index contributed by atoms with van der Waals surface area (Å²) in [6.07, 6.45) is 0.421. The quantitative estimate of drug-likeness (QED) is 0.751. The third-order valence-corrected chi connectivity index (χ3v) is 4.44. The fourth-order valence-corrected chi connectivity index (χ4v) is 3.10. The van der Waals surface area contributed by atoms with Crippen LogP contribution < -0.4 is 15.2 Å². The second-order valence-corrected chi connectivity index (χ2v) is 6.44. The molecule has 0 aromatic heterocycles. The van der Waals surface area contributed by atoms with Gasteiger partial charge in [0, 0.05) is 5.92 Å². The van der Waals surface area contributed by atoms with E-state index < -0.39 is 11.7 Å². The smallest absolute Gasteiger partial charge is 0.417 e. The molecule has 0 spiro atoms. The van der Waals surface area contributed by atoms with Crippen LogP contribution in [-0.2, 0) is 12.6 Å². The van der Waals surface area contributed by atoms with Crippen molar-refractivity contribution in [2.24, 2.45) is 11.7 Å². The lowest BCUT2D eigenvalue weighted by atomic mass is 9.94. The van der Waals surface area contributed by atoms with Crippen molar-refractivity contribution in [3.8, 4) is 17.2 Å². The highest BCUT2D eigenvalue weighted by Crippen LogP contribution is 2.41. The summed E-state index contributed by atoms with van der Waals surface area (Å²) < 4.78 is 50.5. The first-order chi connectivity index (χ1) is 12.4. The minimum Gasteiger partial charge on any atom is -0.489 e. The lowest BCUT2D eigenvalue weighted by molar-refractivity contribution is -0.137. The molecule has 0 saturated carbocycles. The third kappa shape index (κ3) is 4.07. The number of para-hydroxylation sites is 1. The van der Waals surface area contributed by atoms with Gasteiger partial charge < -0.3 is 15.2 Å². The van der Waals surface area contributed by atoms with Gasteiger partial charge in [-0.3, -0.25) is 0 Å². The van der Waals surface area contributed by atoms with Crippen molar-refractivity contribution in [1.82, 2.24) is 0 Å². The molecule has 0 saturated heterocycles. The molecule has 1 aliphatic heterocycles. The van der Waals surface area contributed by atoms with E-state index in [1.165, 1.54) is 18.3 Å². The molecule has 7 heteroatoms. The van der Waals surface area contributed by atoms with Crippen molar-refractivity contribution in [3.05, 3.63) is 64.8 Å². The van der Waals surface area contributed by atoms with Crippen LogP contribution in [0.5, 0.6) is 17.2 Å². The predicted molar refractivity (Wildman–Crippen MR) is 93.6 cm³/mol. The van der Waals surface area contributed by atoms with E-state index in [2.05, 4.69) is 0 Å². The maximum atomic E-state index is 13.0. The number of nitrogens with two attached hydrogens (primary N) is 1. The minimum atomic E-state index is -4.55. The fourth-order valence-electron chi connectivity index (χ4n) is 2.87. The van der Waals surface area contributed by atoms with E-state index in [9.17, 15) is 13.2 Å². The Labute approximate surface area is 154 Å². The first-order valence-electron chi connectivity index (χ1n) is 8.04. The van der Waals surface area contributed by atoms with Crippen molar-refractivity contribution in [1.29, 1.82) is 0 Å². The van der Waals surface area contributed by atoms with Gasteiger partial charge in [0.15, 0.2) is 11.5 Å². The summed E-state index contributed by atoms with van der Waals surface area (Å²) in [5.74, 6) is 1.28. The Bertz CT molecular complexity index is 821. The monoisotopic (exact) mass is 383 g/mol. The van der Waals surface area contributed by atoms with Crippen LogP contribution in [0.1, 0.15) is 17.5 Å². The van der Waals surface area contributed by atoms with Gasteiger partial charge in [-0.25, -0.2) is 0 Å². The Morgan fingerprint density at radius 1 is 1.27 bits per heavy atom. The predicted octanol–water partition coefficient (Wildman–Crippen LogP) is 5.56. The number of fused-ring (bicyclic) bond motifs is 1. The average Bonchev–Trinajstić information content (AvgIpc) is 2.60. The zero-order chi connectivity index (χ0) is 18.7.